The van der Waals surface area contributed by atoms with Gasteiger partial charge in [-0.15, -0.1) is 0 Å². The van der Waals surface area contributed by atoms with E-state index in [9.17, 15) is 17.6 Å². The highest BCUT2D eigenvalue weighted by atomic mass is 19.4. The van der Waals surface area contributed by atoms with Crippen molar-refractivity contribution < 1.29 is 37.4 Å². The average Bonchev–Trinajstić information content (AvgIpc) is 2.69. The zero-order chi connectivity index (χ0) is 23.0. The lowest BCUT2D eigenvalue weighted by Gasteiger charge is -2.35. The quantitative estimate of drug-likeness (QED) is 0.559. The number of carbonyl (C=O) groups is 2. The molecule has 0 bridgehead atoms. The van der Waals surface area contributed by atoms with Gasteiger partial charge in [0.1, 0.15) is 5.82 Å². The van der Waals surface area contributed by atoms with E-state index in [2.05, 4.69) is 4.90 Å². The lowest BCUT2D eigenvalue weighted by atomic mass is 10.1. The molecule has 0 amide bonds. The second kappa shape index (κ2) is 10.9. The number of benzene rings is 2. The predicted molar refractivity (Wildman–Crippen MR) is 104 cm³/mol. The fourth-order valence-electron chi connectivity index (χ4n) is 3.17. The fourth-order valence-corrected chi connectivity index (χ4v) is 3.17. The highest BCUT2D eigenvalue weighted by Gasteiger charge is 2.33. The van der Waals surface area contributed by atoms with Gasteiger partial charge in [-0.05, 0) is 29.3 Å². The Hall–Kier alpha value is -2.98. The Labute approximate surface area is 176 Å². The summed E-state index contributed by atoms with van der Waals surface area (Å²) >= 11 is 0. The molecule has 1 saturated heterocycles. The number of piperazine rings is 1. The second-order valence-electron chi connectivity index (χ2n) is 6.95. The molecule has 168 valence electrons. The topological polar surface area (TPSA) is 81.1 Å². The van der Waals surface area contributed by atoms with E-state index in [1.165, 1.54) is 18.2 Å². The van der Waals surface area contributed by atoms with Crippen molar-refractivity contribution in [3.05, 3.63) is 71.0 Å². The van der Waals surface area contributed by atoms with Gasteiger partial charge >= 0.3 is 18.1 Å². The third-order valence-electron chi connectivity index (χ3n) is 4.66. The highest BCUT2D eigenvalue weighted by molar-refractivity contribution is 6.27. The summed E-state index contributed by atoms with van der Waals surface area (Å²) in [4.78, 5) is 22.4. The van der Waals surface area contributed by atoms with Crippen LogP contribution in [0.15, 0.2) is 48.5 Å². The Morgan fingerprint density at radius 1 is 0.839 bits per heavy atom. The van der Waals surface area contributed by atoms with Crippen LogP contribution in [0.3, 0.4) is 0 Å². The van der Waals surface area contributed by atoms with Crippen LogP contribution in [0, 0.1) is 5.82 Å². The summed E-state index contributed by atoms with van der Waals surface area (Å²) in [6, 6.07) is 12.3. The first-order chi connectivity index (χ1) is 14.6. The summed E-state index contributed by atoms with van der Waals surface area (Å²) < 4.78 is 52.5. The van der Waals surface area contributed by atoms with E-state index in [0.29, 0.717) is 31.7 Å². The lowest BCUT2D eigenvalue weighted by Crippen LogP contribution is -2.45. The number of halogens is 4. The minimum Gasteiger partial charge on any atom is -0.473 e. The standard InChI is InChI=1S/C19H20F4N2.C2H2O4/c20-17-6-3-4-15(12-17)13-24-8-10-25(11-9-24)14-16-5-1-2-7-18(16)19(21,22)23;3-1(4)2(5)6/h1-7,12H,8-11,13-14H2;(H,3,4)(H,5,6). The van der Waals surface area contributed by atoms with E-state index < -0.39 is 23.7 Å². The summed E-state index contributed by atoms with van der Waals surface area (Å²) in [6.07, 6.45) is -4.32. The molecule has 0 unspecified atom stereocenters. The minimum atomic E-state index is -4.32. The second-order valence-corrected chi connectivity index (χ2v) is 6.95. The number of hydrogen-bond acceptors (Lipinski definition) is 4. The molecule has 2 aromatic rings. The molecular formula is C21H22F4N2O4. The molecule has 2 N–H and O–H groups in total. The van der Waals surface area contributed by atoms with E-state index in [-0.39, 0.29) is 5.82 Å². The molecule has 1 heterocycles. The first-order valence-corrected chi connectivity index (χ1v) is 9.36. The zero-order valence-corrected chi connectivity index (χ0v) is 16.5. The number of alkyl halides is 3. The van der Waals surface area contributed by atoms with E-state index in [0.717, 1.165) is 24.7 Å². The molecule has 31 heavy (non-hydrogen) atoms. The third kappa shape index (κ3) is 7.99. The zero-order valence-electron chi connectivity index (χ0n) is 16.5. The Bertz CT molecular complexity index is 885. The minimum absolute atomic E-state index is 0.250. The molecule has 0 saturated carbocycles. The van der Waals surface area contributed by atoms with E-state index >= 15 is 0 Å². The van der Waals surface area contributed by atoms with Crippen LogP contribution in [0.4, 0.5) is 17.6 Å². The molecule has 6 nitrogen and oxygen atoms in total. The van der Waals surface area contributed by atoms with Gasteiger partial charge < -0.3 is 10.2 Å². The van der Waals surface area contributed by atoms with Crippen molar-refractivity contribution in [2.45, 2.75) is 19.3 Å². The van der Waals surface area contributed by atoms with Crippen LogP contribution < -0.4 is 0 Å². The molecule has 1 aliphatic heterocycles. The van der Waals surface area contributed by atoms with Gasteiger partial charge in [0, 0.05) is 39.3 Å². The van der Waals surface area contributed by atoms with Crippen molar-refractivity contribution in [2.24, 2.45) is 0 Å². The number of hydrogen-bond donors (Lipinski definition) is 2. The van der Waals surface area contributed by atoms with Gasteiger partial charge in [0.25, 0.3) is 0 Å². The summed E-state index contributed by atoms with van der Waals surface area (Å²) in [7, 11) is 0. The van der Waals surface area contributed by atoms with Crippen LogP contribution in [0.5, 0.6) is 0 Å². The Kier molecular flexibility index (Phi) is 8.52. The summed E-state index contributed by atoms with van der Waals surface area (Å²) in [6.45, 7) is 3.85. The maximum absolute atomic E-state index is 13.2. The molecule has 1 aliphatic rings. The Morgan fingerprint density at radius 2 is 1.39 bits per heavy atom. The molecule has 3 rings (SSSR count). The number of nitrogens with zero attached hydrogens (tertiary/aromatic N) is 2. The number of rotatable bonds is 4. The van der Waals surface area contributed by atoms with Crippen LogP contribution in [0.2, 0.25) is 0 Å². The molecular weight excluding hydrogens is 420 g/mol. The van der Waals surface area contributed by atoms with Crippen molar-refractivity contribution in [2.75, 3.05) is 26.2 Å². The molecule has 0 radical (unpaired) electrons. The third-order valence-corrected chi connectivity index (χ3v) is 4.66. The molecule has 2 aromatic carbocycles. The van der Waals surface area contributed by atoms with Gasteiger partial charge in [0.2, 0.25) is 0 Å². The van der Waals surface area contributed by atoms with Crippen molar-refractivity contribution >= 4 is 11.9 Å². The SMILES string of the molecule is Fc1cccc(CN2CCN(Cc3ccccc3C(F)(F)F)CC2)c1.O=C(O)C(=O)O. The normalized spacial score (nSPS) is 15.1. The smallest absolute Gasteiger partial charge is 0.416 e. The maximum atomic E-state index is 13.2. The molecule has 10 heteroatoms. The predicted octanol–water partition coefficient (Wildman–Crippen LogP) is 3.32. The first kappa shape index (κ1) is 24.3. The van der Waals surface area contributed by atoms with Crippen molar-refractivity contribution in [3.8, 4) is 0 Å². The van der Waals surface area contributed by atoms with Gasteiger partial charge in [-0.1, -0.05) is 30.3 Å². The maximum Gasteiger partial charge on any atom is 0.416 e. The van der Waals surface area contributed by atoms with Gasteiger partial charge in [0.15, 0.2) is 0 Å². The monoisotopic (exact) mass is 442 g/mol. The van der Waals surface area contributed by atoms with E-state index in [1.54, 1.807) is 18.2 Å². The van der Waals surface area contributed by atoms with Crippen molar-refractivity contribution in [3.63, 3.8) is 0 Å². The number of aliphatic carboxylic acids is 2. The largest absolute Gasteiger partial charge is 0.473 e. The Morgan fingerprint density at radius 3 is 1.90 bits per heavy atom. The Balaban J connectivity index is 0.000000501. The molecule has 0 atom stereocenters. The summed E-state index contributed by atoms with van der Waals surface area (Å²) in [5.41, 5.74) is 0.668. The van der Waals surface area contributed by atoms with Gasteiger partial charge in [-0.2, -0.15) is 13.2 Å². The van der Waals surface area contributed by atoms with E-state index in [4.69, 9.17) is 19.8 Å². The summed E-state index contributed by atoms with van der Waals surface area (Å²) in [5.74, 6) is -3.90. The van der Waals surface area contributed by atoms with Crippen LogP contribution >= 0.6 is 0 Å². The van der Waals surface area contributed by atoms with Crippen LogP contribution in [-0.2, 0) is 28.9 Å². The van der Waals surface area contributed by atoms with Crippen molar-refractivity contribution in [1.29, 1.82) is 0 Å². The van der Waals surface area contributed by atoms with Crippen LogP contribution in [0.1, 0.15) is 16.7 Å². The average molecular weight is 442 g/mol. The number of carboxylic acids is 2. The van der Waals surface area contributed by atoms with Gasteiger partial charge in [0.05, 0.1) is 5.56 Å². The fraction of sp³-hybridized carbons (Fsp3) is 0.333. The van der Waals surface area contributed by atoms with Crippen LogP contribution in [-0.4, -0.2) is 58.1 Å². The van der Waals surface area contributed by atoms with Crippen molar-refractivity contribution in [1.82, 2.24) is 9.80 Å². The molecule has 0 spiro atoms. The first-order valence-electron chi connectivity index (χ1n) is 9.36. The van der Waals surface area contributed by atoms with Crippen LogP contribution in [0.25, 0.3) is 0 Å². The molecule has 0 aromatic heterocycles. The molecule has 1 fully saturated rings. The number of carboxylic acid groups (broad SMARTS) is 2. The molecule has 0 aliphatic carbocycles. The van der Waals surface area contributed by atoms with Gasteiger partial charge in [-0.3, -0.25) is 9.80 Å². The highest BCUT2D eigenvalue weighted by Crippen LogP contribution is 2.32. The lowest BCUT2D eigenvalue weighted by molar-refractivity contribution is -0.159. The van der Waals surface area contributed by atoms with Gasteiger partial charge in [-0.25, -0.2) is 14.0 Å². The summed E-state index contributed by atoms with van der Waals surface area (Å²) in [5, 5.41) is 14.8. The van der Waals surface area contributed by atoms with E-state index in [1.807, 2.05) is 11.0 Å².